The Hall–Kier alpha value is -4.20. The second-order valence-electron chi connectivity index (χ2n) is 8.61. The fraction of sp³-hybridized carbons (Fsp3) is 0.222. The van der Waals surface area contributed by atoms with Crippen LogP contribution in [0.4, 0.5) is 10.1 Å². The number of piperazine rings is 1. The van der Waals surface area contributed by atoms with E-state index in [0.717, 1.165) is 22.2 Å². The molecule has 2 amide bonds. The van der Waals surface area contributed by atoms with E-state index in [2.05, 4.69) is 20.2 Å². The van der Waals surface area contributed by atoms with E-state index >= 15 is 0 Å². The molecule has 0 aliphatic carbocycles. The van der Waals surface area contributed by atoms with Crippen LogP contribution in [0.25, 0.3) is 10.9 Å². The van der Waals surface area contributed by atoms with Crippen LogP contribution in [0.2, 0.25) is 0 Å². The minimum Gasteiger partial charge on any atom is -0.368 e. The second kappa shape index (κ2) is 9.97. The van der Waals surface area contributed by atoms with Gasteiger partial charge in [-0.3, -0.25) is 14.6 Å². The van der Waals surface area contributed by atoms with Crippen LogP contribution >= 0.6 is 0 Å². The van der Waals surface area contributed by atoms with E-state index in [9.17, 15) is 14.0 Å². The number of rotatable bonds is 6. The quantitative estimate of drug-likeness (QED) is 0.452. The van der Waals surface area contributed by atoms with Gasteiger partial charge in [-0.25, -0.2) is 4.39 Å². The van der Waals surface area contributed by atoms with Gasteiger partial charge in [0, 0.05) is 73.3 Å². The summed E-state index contributed by atoms with van der Waals surface area (Å²) in [6, 6.07) is 16.4. The van der Waals surface area contributed by atoms with Crippen LogP contribution in [-0.4, -0.2) is 58.9 Å². The molecule has 5 rings (SSSR count). The number of amides is 2. The molecule has 2 N–H and O–H groups in total. The van der Waals surface area contributed by atoms with Crippen molar-refractivity contribution < 1.29 is 14.0 Å². The predicted octanol–water partition coefficient (Wildman–Crippen LogP) is 3.39. The molecule has 0 spiro atoms. The summed E-state index contributed by atoms with van der Waals surface area (Å²) in [5.41, 5.74) is 3.32. The van der Waals surface area contributed by atoms with E-state index in [1.54, 1.807) is 12.4 Å². The topological polar surface area (TPSA) is 81.3 Å². The van der Waals surface area contributed by atoms with Gasteiger partial charge in [0.25, 0.3) is 5.91 Å². The van der Waals surface area contributed by atoms with Crippen LogP contribution in [0.3, 0.4) is 0 Å². The summed E-state index contributed by atoms with van der Waals surface area (Å²) in [6.07, 6.45) is 5.75. The van der Waals surface area contributed by atoms with Gasteiger partial charge in [-0.2, -0.15) is 0 Å². The molecule has 0 radical (unpaired) electrons. The van der Waals surface area contributed by atoms with E-state index in [4.69, 9.17) is 0 Å². The number of halogens is 1. The lowest BCUT2D eigenvalue weighted by atomic mass is 10.0. The smallest absolute Gasteiger partial charge is 0.251 e. The third-order valence-corrected chi connectivity index (χ3v) is 6.43. The fourth-order valence-corrected chi connectivity index (χ4v) is 4.52. The first-order valence-electron chi connectivity index (χ1n) is 11.6. The number of anilines is 1. The summed E-state index contributed by atoms with van der Waals surface area (Å²) in [4.78, 5) is 37.9. The van der Waals surface area contributed by atoms with Crippen molar-refractivity contribution in [2.24, 2.45) is 0 Å². The van der Waals surface area contributed by atoms with Crippen molar-refractivity contribution in [1.29, 1.82) is 0 Å². The van der Waals surface area contributed by atoms with Crippen molar-refractivity contribution >= 4 is 28.4 Å². The summed E-state index contributed by atoms with van der Waals surface area (Å²) in [6.45, 7) is 2.50. The van der Waals surface area contributed by atoms with Crippen LogP contribution in [0.5, 0.6) is 0 Å². The molecule has 1 atom stereocenters. The van der Waals surface area contributed by atoms with Crippen molar-refractivity contribution in [1.82, 2.24) is 20.2 Å². The molecular formula is C27H26FN5O2. The molecule has 7 nitrogen and oxygen atoms in total. The minimum atomic E-state index is -0.751. The Morgan fingerprint density at radius 3 is 2.43 bits per heavy atom. The van der Waals surface area contributed by atoms with Crippen LogP contribution in [0.15, 0.2) is 79.3 Å². The average molecular weight is 472 g/mol. The van der Waals surface area contributed by atoms with Crippen molar-refractivity contribution in [2.45, 2.75) is 12.5 Å². The number of fused-ring (bicyclic) bond motifs is 1. The first-order chi connectivity index (χ1) is 17.1. The highest BCUT2D eigenvalue weighted by Gasteiger charge is 2.30. The first-order valence-corrected chi connectivity index (χ1v) is 11.6. The Labute approximate surface area is 202 Å². The van der Waals surface area contributed by atoms with Gasteiger partial charge in [-0.1, -0.05) is 18.2 Å². The molecule has 0 saturated carbocycles. The number of para-hydroxylation sites is 1. The zero-order valence-electron chi connectivity index (χ0n) is 19.2. The van der Waals surface area contributed by atoms with Gasteiger partial charge < -0.3 is 20.1 Å². The minimum absolute atomic E-state index is 0.125. The van der Waals surface area contributed by atoms with Gasteiger partial charge in [0.05, 0.1) is 0 Å². The fourth-order valence-electron chi connectivity index (χ4n) is 4.52. The standard InChI is InChI=1S/C27H26FN5O2/c28-21-7-5-19(6-8-21)26(34)31-25(17-20-18-30-24-4-2-1-3-23(20)24)27(35)33-15-13-32(14-16-33)22-9-11-29-12-10-22/h1-12,18,25,30H,13-17H2,(H,31,34)/t25-/m0/s1. The van der Waals surface area contributed by atoms with E-state index in [0.29, 0.717) is 38.2 Å². The van der Waals surface area contributed by atoms with Crippen molar-refractivity contribution in [2.75, 3.05) is 31.1 Å². The normalized spacial score (nSPS) is 14.7. The third-order valence-electron chi connectivity index (χ3n) is 6.43. The Balaban J connectivity index is 1.34. The third kappa shape index (κ3) is 5.01. The number of carbonyl (C=O) groups is 2. The Morgan fingerprint density at radius 2 is 1.69 bits per heavy atom. The Bertz CT molecular complexity index is 1310. The summed E-state index contributed by atoms with van der Waals surface area (Å²) in [5.74, 6) is -0.946. The molecule has 1 aliphatic heterocycles. The van der Waals surface area contributed by atoms with Gasteiger partial charge in [-0.05, 0) is 48.0 Å². The molecule has 1 aliphatic rings. The lowest BCUT2D eigenvalue weighted by Crippen LogP contribution is -2.55. The summed E-state index contributed by atoms with van der Waals surface area (Å²) in [7, 11) is 0. The predicted molar refractivity (Wildman–Crippen MR) is 133 cm³/mol. The number of aromatic nitrogens is 2. The number of nitrogens with zero attached hydrogens (tertiary/aromatic N) is 3. The molecule has 2 aromatic carbocycles. The number of hydrogen-bond acceptors (Lipinski definition) is 4. The van der Waals surface area contributed by atoms with Crippen LogP contribution in [0, 0.1) is 5.82 Å². The largest absolute Gasteiger partial charge is 0.368 e. The monoisotopic (exact) mass is 471 g/mol. The van der Waals surface area contributed by atoms with E-state index in [1.807, 2.05) is 47.5 Å². The van der Waals surface area contributed by atoms with Gasteiger partial charge in [-0.15, -0.1) is 0 Å². The molecule has 0 unspecified atom stereocenters. The first kappa shape index (κ1) is 22.6. The molecule has 4 aromatic rings. The molecule has 2 aromatic heterocycles. The summed E-state index contributed by atoms with van der Waals surface area (Å²) >= 11 is 0. The molecule has 1 fully saturated rings. The average Bonchev–Trinajstić information content (AvgIpc) is 3.31. The van der Waals surface area contributed by atoms with Crippen LogP contribution in [0.1, 0.15) is 15.9 Å². The second-order valence-corrected chi connectivity index (χ2v) is 8.61. The Kier molecular flexibility index (Phi) is 6.43. The number of carbonyl (C=O) groups excluding carboxylic acids is 2. The number of pyridine rings is 1. The molecule has 8 heteroatoms. The van der Waals surface area contributed by atoms with Crippen molar-refractivity contribution in [3.63, 3.8) is 0 Å². The molecule has 0 bridgehead atoms. The van der Waals surface area contributed by atoms with Gasteiger partial charge in [0.1, 0.15) is 11.9 Å². The van der Waals surface area contributed by atoms with Crippen LogP contribution < -0.4 is 10.2 Å². The molecule has 178 valence electrons. The van der Waals surface area contributed by atoms with Gasteiger partial charge in [0.15, 0.2) is 0 Å². The maximum Gasteiger partial charge on any atom is 0.251 e. The SMILES string of the molecule is O=C(N[C@@H](Cc1c[nH]c2ccccc12)C(=O)N1CCN(c2ccncc2)CC1)c1ccc(F)cc1. The van der Waals surface area contributed by atoms with E-state index in [-0.39, 0.29) is 5.91 Å². The number of hydrogen-bond donors (Lipinski definition) is 2. The zero-order chi connectivity index (χ0) is 24.2. The highest BCUT2D eigenvalue weighted by molar-refractivity contribution is 5.98. The van der Waals surface area contributed by atoms with E-state index in [1.165, 1.54) is 24.3 Å². The molecule has 1 saturated heterocycles. The highest BCUT2D eigenvalue weighted by Crippen LogP contribution is 2.21. The lowest BCUT2D eigenvalue weighted by Gasteiger charge is -2.37. The van der Waals surface area contributed by atoms with Gasteiger partial charge >= 0.3 is 0 Å². The van der Waals surface area contributed by atoms with Crippen molar-refractivity contribution in [3.8, 4) is 0 Å². The Morgan fingerprint density at radius 1 is 0.971 bits per heavy atom. The maximum absolute atomic E-state index is 13.6. The molecular weight excluding hydrogens is 445 g/mol. The number of H-pyrrole nitrogens is 1. The summed E-state index contributed by atoms with van der Waals surface area (Å²) < 4.78 is 13.3. The molecule has 3 heterocycles. The maximum atomic E-state index is 13.6. The molecule has 35 heavy (non-hydrogen) atoms. The van der Waals surface area contributed by atoms with Gasteiger partial charge in [0.2, 0.25) is 5.91 Å². The zero-order valence-corrected chi connectivity index (χ0v) is 19.2. The number of benzene rings is 2. The number of aromatic amines is 1. The lowest BCUT2D eigenvalue weighted by molar-refractivity contribution is -0.133. The highest BCUT2D eigenvalue weighted by atomic mass is 19.1. The van der Waals surface area contributed by atoms with Crippen LogP contribution in [-0.2, 0) is 11.2 Å². The number of nitrogens with one attached hydrogen (secondary N) is 2. The van der Waals surface area contributed by atoms with E-state index < -0.39 is 17.8 Å². The van der Waals surface area contributed by atoms with Crippen molar-refractivity contribution in [3.05, 3.63) is 96.2 Å². The summed E-state index contributed by atoms with van der Waals surface area (Å²) in [5, 5.41) is 3.92.